The van der Waals surface area contributed by atoms with Crippen LogP contribution in [0.3, 0.4) is 0 Å². The number of nitrogens with zero attached hydrogens (tertiary/aromatic N) is 4. The predicted molar refractivity (Wildman–Crippen MR) is 119 cm³/mol. The van der Waals surface area contributed by atoms with Crippen molar-refractivity contribution in [3.8, 4) is 0 Å². The molecule has 31 heavy (non-hydrogen) atoms. The van der Waals surface area contributed by atoms with Crippen molar-refractivity contribution in [1.29, 1.82) is 0 Å². The Bertz CT molecular complexity index is 819. The normalized spacial score (nSPS) is 22.3. The monoisotopic (exact) mass is 428 g/mol. The van der Waals surface area contributed by atoms with Gasteiger partial charge in [0.05, 0.1) is 12.1 Å². The lowest BCUT2D eigenvalue weighted by molar-refractivity contribution is -0.138. The van der Waals surface area contributed by atoms with Crippen molar-refractivity contribution in [3.05, 3.63) is 17.1 Å². The second kappa shape index (κ2) is 9.63. The van der Waals surface area contributed by atoms with E-state index in [0.717, 1.165) is 36.5 Å². The zero-order valence-corrected chi connectivity index (χ0v) is 19.2. The number of aromatic nitrogens is 2. The second-order valence-corrected chi connectivity index (χ2v) is 9.58. The molecule has 0 bridgehead atoms. The Morgan fingerprint density at radius 1 is 1.10 bits per heavy atom. The van der Waals surface area contributed by atoms with E-state index in [1.165, 1.54) is 32.1 Å². The van der Waals surface area contributed by atoms with Crippen molar-refractivity contribution < 1.29 is 14.3 Å². The van der Waals surface area contributed by atoms with Crippen LogP contribution in [0.2, 0.25) is 0 Å². The molecule has 170 valence electrons. The van der Waals surface area contributed by atoms with Crippen LogP contribution in [-0.2, 0) is 20.7 Å². The second-order valence-electron chi connectivity index (χ2n) is 9.58. The number of hydrogen-bond acceptors (Lipinski definition) is 5. The van der Waals surface area contributed by atoms with Crippen LogP contribution in [0.25, 0.3) is 0 Å². The zero-order chi connectivity index (χ0) is 22.0. The molecule has 7 nitrogen and oxygen atoms in total. The molecule has 2 amide bonds. The van der Waals surface area contributed by atoms with E-state index in [0.29, 0.717) is 31.1 Å². The summed E-state index contributed by atoms with van der Waals surface area (Å²) in [4.78, 5) is 39.2. The highest BCUT2D eigenvalue weighted by Gasteiger charge is 2.35. The first-order chi connectivity index (χ1) is 14.9. The quantitative estimate of drug-likeness (QED) is 0.690. The molecule has 1 aliphatic carbocycles. The molecule has 7 heteroatoms. The van der Waals surface area contributed by atoms with Crippen LogP contribution >= 0.6 is 0 Å². The Morgan fingerprint density at radius 2 is 1.87 bits per heavy atom. The molecule has 2 fully saturated rings. The minimum absolute atomic E-state index is 0.00897. The molecule has 1 saturated carbocycles. The zero-order valence-electron chi connectivity index (χ0n) is 19.2. The standard InChI is InChI=1S/C24H36N4O3/c1-16(2)31-15-22(30)27-13-7-10-20(27)23-25-17(3)19-11-12-21(29)28(24(19)26-23)14-18-8-5-4-6-9-18/h16,18,20H,4-15H2,1-3H3/t20-/m1/s1. The highest BCUT2D eigenvalue weighted by molar-refractivity contribution is 5.95. The third kappa shape index (κ3) is 4.92. The Morgan fingerprint density at radius 3 is 2.61 bits per heavy atom. The summed E-state index contributed by atoms with van der Waals surface area (Å²) in [6.45, 7) is 7.43. The molecule has 0 N–H and O–H groups in total. The van der Waals surface area contributed by atoms with Crippen molar-refractivity contribution in [2.75, 3.05) is 24.6 Å². The Labute approximate surface area is 185 Å². The van der Waals surface area contributed by atoms with Gasteiger partial charge in [-0.3, -0.25) is 14.5 Å². The number of rotatable bonds is 6. The van der Waals surface area contributed by atoms with Crippen LogP contribution in [0.5, 0.6) is 0 Å². The number of carbonyl (C=O) groups excluding carboxylic acids is 2. The number of anilines is 1. The molecule has 4 rings (SSSR count). The van der Waals surface area contributed by atoms with Gasteiger partial charge in [0.2, 0.25) is 11.8 Å². The van der Waals surface area contributed by atoms with Crippen LogP contribution in [0, 0.1) is 12.8 Å². The van der Waals surface area contributed by atoms with Crippen molar-refractivity contribution >= 4 is 17.6 Å². The lowest BCUT2D eigenvalue weighted by atomic mass is 9.88. The Hall–Kier alpha value is -2.02. The number of carbonyl (C=O) groups is 2. The fourth-order valence-electron chi connectivity index (χ4n) is 5.22. The lowest BCUT2D eigenvalue weighted by Gasteiger charge is -2.34. The molecule has 0 spiro atoms. The number of amides is 2. The first kappa shape index (κ1) is 22.2. The minimum Gasteiger partial charge on any atom is -0.369 e. The van der Waals surface area contributed by atoms with Crippen LogP contribution in [-0.4, -0.2) is 52.5 Å². The maximum Gasteiger partial charge on any atom is 0.249 e. The van der Waals surface area contributed by atoms with Gasteiger partial charge in [0, 0.05) is 30.8 Å². The van der Waals surface area contributed by atoms with Gasteiger partial charge in [-0.15, -0.1) is 0 Å². The molecule has 3 heterocycles. The minimum atomic E-state index is -0.138. The van der Waals surface area contributed by atoms with Gasteiger partial charge in [-0.05, 0) is 58.8 Å². The largest absolute Gasteiger partial charge is 0.369 e. The summed E-state index contributed by atoms with van der Waals surface area (Å²) < 4.78 is 5.55. The fourth-order valence-corrected chi connectivity index (χ4v) is 5.22. The van der Waals surface area contributed by atoms with Gasteiger partial charge < -0.3 is 9.64 Å². The van der Waals surface area contributed by atoms with Gasteiger partial charge in [0.15, 0.2) is 5.82 Å². The van der Waals surface area contributed by atoms with E-state index in [2.05, 4.69) is 0 Å². The van der Waals surface area contributed by atoms with Gasteiger partial charge in [-0.25, -0.2) is 9.97 Å². The molecule has 1 saturated heterocycles. The number of aryl methyl sites for hydroxylation is 1. The molecule has 2 aliphatic heterocycles. The van der Waals surface area contributed by atoms with Gasteiger partial charge in [-0.1, -0.05) is 19.3 Å². The van der Waals surface area contributed by atoms with Crippen LogP contribution in [0.15, 0.2) is 0 Å². The summed E-state index contributed by atoms with van der Waals surface area (Å²) in [5, 5.41) is 0. The van der Waals surface area contributed by atoms with Crippen LogP contribution in [0.1, 0.15) is 88.3 Å². The molecule has 0 aromatic carbocycles. The topological polar surface area (TPSA) is 75.6 Å². The average molecular weight is 429 g/mol. The molecule has 1 aromatic rings. The van der Waals surface area contributed by atoms with Gasteiger partial charge in [-0.2, -0.15) is 0 Å². The molecule has 0 unspecified atom stereocenters. The van der Waals surface area contributed by atoms with Crippen molar-refractivity contribution in [2.45, 2.75) is 90.7 Å². The fraction of sp³-hybridized carbons (Fsp3) is 0.750. The summed E-state index contributed by atoms with van der Waals surface area (Å²) in [7, 11) is 0. The van der Waals surface area contributed by atoms with E-state index in [9.17, 15) is 9.59 Å². The predicted octanol–water partition coefficient (Wildman–Crippen LogP) is 3.73. The van der Waals surface area contributed by atoms with Gasteiger partial charge in [0.1, 0.15) is 12.4 Å². The molecule has 0 radical (unpaired) electrons. The van der Waals surface area contributed by atoms with Crippen molar-refractivity contribution in [3.63, 3.8) is 0 Å². The van der Waals surface area contributed by atoms with Crippen LogP contribution < -0.4 is 4.90 Å². The van der Waals surface area contributed by atoms with Gasteiger partial charge in [0.25, 0.3) is 0 Å². The highest BCUT2D eigenvalue weighted by Crippen LogP contribution is 2.36. The van der Waals surface area contributed by atoms with Gasteiger partial charge >= 0.3 is 0 Å². The highest BCUT2D eigenvalue weighted by atomic mass is 16.5. The number of ether oxygens (including phenoxy) is 1. The van der Waals surface area contributed by atoms with Crippen molar-refractivity contribution in [2.24, 2.45) is 5.92 Å². The van der Waals surface area contributed by atoms with E-state index < -0.39 is 0 Å². The summed E-state index contributed by atoms with van der Waals surface area (Å²) in [6, 6.07) is -0.138. The van der Waals surface area contributed by atoms with Crippen LogP contribution in [0.4, 0.5) is 5.82 Å². The molecule has 3 aliphatic rings. The number of fused-ring (bicyclic) bond motifs is 1. The number of hydrogen-bond donors (Lipinski definition) is 0. The van der Waals surface area contributed by atoms with E-state index in [1.807, 2.05) is 30.6 Å². The summed E-state index contributed by atoms with van der Waals surface area (Å²) in [5.74, 6) is 2.19. The maximum absolute atomic E-state index is 12.9. The molecule has 1 aromatic heterocycles. The average Bonchev–Trinajstić information content (AvgIpc) is 3.25. The van der Waals surface area contributed by atoms with E-state index in [1.54, 1.807) is 0 Å². The SMILES string of the molecule is Cc1nc([C@H]2CCCN2C(=O)COC(C)C)nc2c1CCC(=O)N2CC1CCCCC1. The third-order valence-corrected chi connectivity index (χ3v) is 6.93. The first-order valence-corrected chi connectivity index (χ1v) is 12.0. The summed E-state index contributed by atoms with van der Waals surface area (Å²) in [6.07, 6.45) is 9.24. The molecule has 1 atom stereocenters. The molecular formula is C24H36N4O3. The van der Waals surface area contributed by atoms with E-state index in [4.69, 9.17) is 14.7 Å². The molecular weight excluding hydrogens is 392 g/mol. The maximum atomic E-state index is 12.9. The first-order valence-electron chi connectivity index (χ1n) is 12.0. The summed E-state index contributed by atoms with van der Waals surface area (Å²) >= 11 is 0. The smallest absolute Gasteiger partial charge is 0.249 e. The van der Waals surface area contributed by atoms with E-state index >= 15 is 0 Å². The third-order valence-electron chi connectivity index (χ3n) is 6.93. The van der Waals surface area contributed by atoms with E-state index in [-0.39, 0.29) is 30.6 Å². The van der Waals surface area contributed by atoms with Crippen molar-refractivity contribution in [1.82, 2.24) is 14.9 Å². The Kier molecular flexibility index (Phi) is 6.89. The lowest BCUT2D eigenvalue weighted by Crippen LogP contribution is -2.41. The number of likely N-dealkylation sites (tertiary alicyclic amines) is 1. The summed E-state index contributed by atoms with van der Waals surface area (Å²) in [5.41, 5.74) is 2.04. The Balaban J connectivity index is 1.59.